The summed E-state index contributed by atoms with van der Waals surface area (Å²) in [5.74, 6) is 2.42. The molecule has 2 unspecified atom stereocenters. The molecule has 0 spiro atoms. The van der Waals surface area contributed by atoms with Crippen molar-refractivity contribution < 1.29 is 18.9 Å². The van der Waals surface area contributed by atoms with Gasteiger partial charge in [0.05, 0.1) is 26.4 Å². The predicted molar refractivity (Wildman–Crippen MR) is 127 cm³/mol. The van der Waals surface area contributed by atoms with E-state index < -0.39 is 0 Å². The molecule has 0 radical (unpaired) electrons. The normalized spacial score (nSPS) is 17.3. The second-order valence-electron chi connectivity index (χ2n) is 6.81. The summed E-state index contributed by atoms with van der Waals surface area (Å²) in [6, 6.07) is 7.58. The average molecular weight is 521 g/mol. The molecule has 0 aliphatic carbocycles. The zero-order chi connectivity index (χ0) is 20.0. The topological polar surface area (TPSA) is 73.3 Å². The lowest BCUT2D eigenvalue weighted by Crippen LogP contribution is -2.38. The summed E-state index contributed by atoms with van der Waals surface area (Å²) < 4.78 is 22.3. The van der Waals surface area contributed by atoms with Crippen molar-refractivity contribution in [1.82, 2.24) is 10.6 Å². The van der Waals surface area contributed by atoms with Crippen LogP contribution in [-0.4, -0.2) is 64.7 Å². The average Bonchev–Trinajstić information content (AvgIpc) is 3.22. The quantitative estimate of drug-likeness (QED) is 0.191. The Hall–Kier alpha value is -1.26. The first kappa shape index (κ1) is 25.8. The van der Waals surface area contributed by atoms with Crippen LogP contribution in [0, 0.1) is 0 Å². The van der Waals surface area contributed by atoms with Gasteiger partial charge >= 0.3 is 0 Å². The van der Waals surface area contributed by atoms with Crippen molar-refractivity contribution in [2.75, 3.05) is 46.6 Å². The SMILES string of the molecule is CCNC(=NCC(C)Oc1ccc(OC)cc1)NCCCOCC1CCCO1.I. The Balaban J connectivity index is 0.00000420. The molecule has 1 aromatic rings. The second-order valence-corrected chi connectivity index (χ2v) is 6.81. The van der Waals surface area contributed by atoms with Crippen LogP contribution in [0.2, 0.25) is 0 Å². The number of halogens is 1. The molecule has 2 atom stereocenters. The van der Waals surface area contributed by atoms with Crippen molar-refractivity contribution in [2.45, 2.75) is 45.3 Å². The number of guanidine groups is 1. The fourth-order valence-electron chi connectivity index (χ4n) is 2.86. The molecule has 1 aliphatic rings. The third kappa shape index (κ3) is 10.9. The number of benzene rings is 1. The van der Waals surface area contributed by atoms with Gasteiger partial charge in [0.15, 0.2) is 5.96 Å². The van der Waals surface area contributed by atoms with Crippen molar-refractivity contribution in [3.63, 3.8) is 0 Å². The van der Waals surface area contributed by atoms with Crippen molar-refractivity contribution in [3.8, 4) is 11.5 Å². The van der Waals surface area contributed by atoms with Gasteiger partial charge in [0.25, 0.3) is 0 Å². The number of hydrogen-bond donors (Lipinski definition) is 2. The highest BCUT2D eigenvalue weighted by Gasteiger charge is 2.14. The van der Waals surface area contributed by atoms with Crippen LogP contribution in [0.5, 0.6) is 11.5 Å². The van der Waals surface area contributed by atoms with Crippen LogP contribution < -0.4 is 20.1 Å². The van der Waals surface area contributed by atoms with E-state index in [2.05, 4.69) is 22.5 Å². The van der Waals surface area contributed by atoms with Gasteiger partial charge in [-0.15, -0.1) is 24.0 Å². The van der Waals surface area contributed by atoms with Gasteiger partial charge in [-0.3, -0.25) is 0 Å². The Kier molecular flexibility index (Phi) is 13.8. The van der Waals surface area contributed by atoms with Crippen LogP contribution >= 0.6 is 24.0 Å². The molecule has 166 valence electrons. The summed E-state index contributed by atoms with van der Waals surface area (Å²) in [4.78, 5) is 4.61. The van der Waals surface area contributed by atoms with Gasteiger partial charge in [-0.05, 0) is 57.4 Å². The number of hydrogen-bond acceptors (Lipinski definition) is 5. The van der Waals surface area contributed by atoms with Gasteiger partial charge < -0.3 is 29.6 Å². The van der Waals surface area contributed by atoms with Gasteiger partial charge in [-0.2, -0.15) is 0 Å². The van der Waals surface area contributed by atoms with Crippen molar-refractivity contribution >= 4 is 29.9 Å². The molecule has 0 aromatic heterocycles. The maximum absolute atomic E-state index is 5.90. The molecule has 2 N–H and O–H groups in total. The Morgan fingerprint density at radius 3 is 2.66 bits per heavy atom. The third-order valence-corrected chi connectivity index (χ3v) is 4.33. The first-order valence-electron chi connectivity index (χ1n) is 10.2. The van der Waals surface area contributed by atoms with E-state index in [1.165, 1.54) is 0 Å². The molecule has 29 heavy (non-hydrogen) atoms. The zero-order valence-electron chi connectivity index (χ0n) is 17.8. The first-order valence-corrected chi connectivity index (χ1v) is 10.2. The van der Waals surface area contributed by atoms with Crippen molar-refractivity contribution in [1.29, 1.82) is 0 Å². The summed E-state index contributed by atoms with van der Waals surface area (Å²) in [6.45, 7) is 8.56. The Labute approximate surface area is 191 Å². The molecule has 1 heterocycles. The molecule has 0 saturated carbocycles. The molecular formula is C21H36IN3O4. The molecule has 1 fully saturated rings. The van der Waals surface area contributed by atoms with Crippen molar-refractivity contribution in [3.05, 3.63) is 24.3 Å². The number of aliphatic imine (C=N–C) groups is 1. The van der Waals surface area contributed by atoms with E-state index >= 15 is 0 Å². The molecule has 0 amide bonds. The molecular weight excluding hydrogens is 485 g/mol. The molecule has 7 nitrogen and oxygen atoms in total. The lowest BCUT2D eigenvalue weighted by Gasteiger charge is -2.15. The van der Waals surface area contributed by atoms with Gasteiger partial charge in [-0.1, -0.05) is 0 Å². The van der Waals surface area contributed by atoms with E-state index in [-0.39, 0.29) is 30.1 Å². The molecule has 2 rings (SSSR count). The first-order chi connectivity index (χ1) is 13.7. The van der Waals surface area contributed by atoms with E-state index in [1.807, 2.05) is 31.2 Å². The molecule has 1 aromatic carbocycles. The summed E-state index contributed by atoms with van der Waals surface area (Å²) in [7, 11) is 1.65. The smallest absolute Gasteiger partial charge is 0.191 e. The van der Waals surface area contributed by atoms with Crippen molar-refractivity contribution in [2.24, 2.45) is 4.99 Å². The minimum absolute atomic E-state index is 0. The minimum atomic E-state index is -0.0291. The molecule has 1 aliphatic heterocycles. The minimum Gasteiger partial charge on any atom is -0.497 e. The lowest BCUT2D eigenvalue weighted by molar-refractivity contribution is 0.0168. The zero-order valence-corrected chi connectivity index (χ0v) is 20.1. The lowest BCUT2D eigenvalue weighted by atomic mass is 10.2. The van der Waals surface area contributed by atoms with Crippen LogP contribution in [0.15, 0.2) is 29.3 Å². The summed E-state index contributed by atoms with van der Waals surface area (Å²) >= 11 is 0. The maximum atomic E-state index is 5.90. The monoisotopic (exact) mass is 521 g/mol. The largest absolute Gasteiger partial charge is 0.497 e. The van der Waals surface area contributed by atoms with E-state index in [1.54, 1.807) is 7.11 Å². The summed E-state index contributed by atoms with van der Waals surface area (Å²) in [5.41, 5.74) is 0. The third-order valence-electron chi connectivity index (χ3n) is 4.33. The standard InChI is InChI=1S/C21H35N3O4.HI/c1-4-22-21(23-12-6-13-26-16-20-7-5-14-27-20)24-15-17(2)28-19-10-8-18(25-3)9-11-19;/h8-11,17,20H,4-7,12-16H2,1-3H3,(H2,22,23,24);1H. The summed E-state index contributed by atoms with van der Waals surface area (Å²) in [5, 5.41) is 6.60. The second kappa shape index (κ2) is 15.6. The molecule has 8 heteroatoms. The summed E-state index contributed by atoms with van der Waals surface area (Å²) in [6.07, 6.45) is 3.46. The van der Waals surface area contributed by atoms with Crippen LogP contribution in [0.4, 0.5) is 0 Å². The van der Waals surface area contributed by atoms with E-state index in [0.717, 1.165) is 63.0 Å². The highest BCUT2D eigenvalue weighted by molar-refractivity contribution is 14.0. The highest BCUT2D eigenvalue weighted by Crippen LogP contribution is 2.18. The number of nitrogens with zero attached hydrogens (tertiary/aromatic N) is 1. The van der Waals surface area contributed by atoms with E-state index in [9.17, 15) is 0 Å². The van der Waals surface area contributed by atoms with Gasteiger partial charge in [0.1, 0.15) is 17.6 Å². The number of methoxy groups -OCH3 is 1. The fraction of sp³-hybridized carbons (Fsp3) is 0.667. The van der Waals surface area contributed by atoms with Crippen LogP contribution in [0.1, 0.15) is 33.1 Å². The van der Waals surface area contributed by atoms with Crippen LogP contribution in [0.3, 0.4) is 0 Å². The molecule has 0 bridgehead atoms. The van der Waals surface area contributed by atoms with Gasteiger partial charge in [0.2, 0.25) is 0 Å². The number of ether oxygens (including phenoxy) is 4. The highest BCUT2D eigenvalue weighted by atomic mass is 127. The number of nitrogens with one attached hydrogen (secondary N) is 2. The fourth-order valence-corrected chi connectivity index (χ4v) is 2.86. The van der Waals surface area contributed by atoms with E-state index in [0.29, 0.717) is 19.3 Å². The predicted octanol–water partition coefficient (Wildman–Crippen LogP) is 3.22. The Morgan fingerprint density at radius 2 is 2.00 bits per heavy atom. The Morgan fingerprint density at radius 1 is 1.24 bits per heavy atom. The van der Waals surface area contributed by atoms with Crippen LogP contribution in [-0.2, 0) is 9.47 Å². The Bertz CT molecular complexity index is 566. The molecule has 1 saturated heterocycles. The number of rotatable bonds is 12. The maximum Gasteiger partial charge on any atom is 0.191 e. The van der Waals surface area contributed by atoms with E-state index in [4.69, 9.17) is 18.9 Å². The van der Waals surface area contributed by atoms with Gasteiger partial charge in [0, 0.05) is 26.3 Å². The van der Waals surface area contributed by atoms with Gasteiger partial charge in [-0.25, -0.2) is 4.99 Å². The van der Waals surface area contributed by atoms with Crippen LogP contribution in [0.25, 0.3) is 0 Å².